The Hall–Kier alpha value is -2.45. The van der Waals surface area contributed by atoms with E-state index in [9.17, 15) is 4.79 Å². The average molecular weight is 288 g/mol. The van der Waals surface area contributed by atoms with Crippen molar-refractivity contribution in [3.05, 3.63) is 71.6 Å². The van der Waals surface area contributed by atoms with Crippen molar-refractivity contribution in [2.24, 2.45) is 0 Å². The number of hydrogen-bond acceptors (Lipinski definition) is 2. The number of carbonyl (C=O) groups excluding carboxylic acids is 1. The summed E-state index contributed by atoms with van der Waals surface area (Å²) < 4.78 is 1.16. The molecular weight excluding hydrogens is 276 g/mol. The summed E-state index contributed by atoms with van der Waals surface area (Å²) >= 11 is 1.56. The van der Waals surface area contributed by atoms with Crippen LogP contribution in [0, 0.1) is 0 Å². The van der Waals surface area contributed by atoms with Gasteiger partial charge in [-0.2, -0.15) is 0 Å². The van der Waals surface area contributed by atoms with Gasteiger partial charge in [-0.05, 0) is 22.4 Å². The van der Waals surface area contributed by atoms with Gasteiger partial charge in [0, 0.05) is 15.6 Å². The summed E-state index contributed by atoms with van der Waals surface area (Å²) in [5.74, 6) is 0. The van der Waals surface area contributed by atoms with Gasteiger partial charge in [0.25, 0.3) is 0 Å². The third-order valence-electron chi connectivity index (χ3n) is 3.79. The highest BCUT2D eigenvalue weighted by atomic mass is 32.1. The van der Waals surface area contributed by atoms with Crippen molar-refractivity contribution in [1.29, 1.82) is 0 Å². The van der Waals surface area contributed by atoms with Crippen LogP contribution in [-0.2, 0) is 0 Å². The maximum absolute atomic E-state index is 11.5. The zero-order valence-electron chi connectivity index (χ0n) is 11.2. The van der Waals surface area contributed by atoms with Gasteiger partial charge in [-0.1, -0.05) is 60.7 Å². The zero-order chi connectivity index (χ0) is 14.2. The van der Waals surface area contributed by atoms with Gasteiger partial charge in [0.2, 0.25) is 0 Å². The Morgan fingerprint density at radius 1 is 0.762 bits per heavy atom. The van der Waals surface area contributed by atoms with E-state index in [0.717, 1.165) is 32.4 Å². The highest BCUT2D eigenvalue weighted by Gasteiger charge is 2.15. The van der Waals surface area contributed by atoms with Crippen molar-refractivity contribution < 1.29 is 4.79 Å². The summed E-state index contributed by atoms with van der Waals surface area (Å²) in [6.45, 7) is 0. The Balaban J connectivity index is 2.16. The lowest BCUT2D eigenvalue weighted by Gasteiger charge is -2.07. The molecule has 3 aromatic carbocycles. The van der Waals surface area contributed by atoms with Crippen molar-refractivity contribution in [1.82, 2.24) is 0 Å². The molecular formula is C19H12OS. The monoisotopic (exact) mass is 288 g/mol. The van der Waals surface area contributed by atoms with Crippen molar-refractivity contribution in [2.45, 2.75) is 0 Å². The Morgan fingerprint density at radius 2 is 1.48 bits per heavy atom. The van der Waals surface area contributed by atoms with Gasteiger partial charge < -0.3 is 0 Å². The predicted octanol–water partition coefficient (Wildman–Crippen LogP) is 5.53. The van der Waals surface area contributed by atoms with Crippen LogP contribution in [0.25, 0.3) is 32.0 Å². The summed E-state index contributed by atoms with van der Waals surface area (Å²) in [4.78, 5) is 12.3. The molecule has 100 valence electrons. The molecule has 0 aliphatic rings. The fourth-order valence-electron chi connectivity index (χ4n) is 2.87. The quantitative estimate of drug-likeness (QED) is 0.443. The largest absolute Gasteiger partial charge is 0.297 e. The highest BCUT2D eigenvalue weighted by molar-refractivity contribution is 7.21. The van der Waals surface area contributed by atoms with Crippen LogP contribution >= 0.6 is 11.3 Å². The van der Waals surface area contributed by atoms with E-state index in [1.165, 1.54) is 10.8 Å². The number of carbonyl (C=O) groups is 1. The van der Waals surface area contributed by atoms with Crippen LogP contribution in [-0.4, -0.2) is 6.29 Å². The Bertz CT molecular complexity index is 960. The summed E-state index contributed by atoms with van der Waals surface area (Å²) in [7, 11) is 0. The topological polar surface area (TPSA) is 17.1 Å². The second-order valence-electron chi connectivity index (χ2n) is 4.98. The molecule has 0 spiro atoms. The number of thiophene rings is 1. The second kappa shape index (κ2) is 4.83. The first-order valence-corrected chi connectivity index (χ1v) is 7.65. The van der Waals surface area contributed by atoms with E-state index >= 15 is 0 Å². The van der Waals surface area contributed by atoms with Crippen molar-refractivity contribution in [3.8, 4) is 11.1 Å². The van der Waals surface area contributed by atoms with Gasteiger partial charge in [-0.3, -0.25) is 4.79 Å². The Labute approximate surface area is 126 Å². The SMILES string of the molecule is O=Cc1sc2ccccc2c1-c1cccc2ccccc12. The number of hydrogen-bond donors (Lipinski definition) is 0. The number of aldehydes is 1. The first-order valence-electron chi connectivity index (χ1n) is 6.83. The molecule has 0 aliphatic carbocycles. The molecule has 2 heteroatoms. The molecule has 0 atom stereocenters. The van der Waals surface area contributed by atoms with Crippen LogP contribution in [0.1, 0.15) is 9.67 Å². The molecule has 4 rings (SSSR count). The Kier molecular flexibility index (Phi) is 2.83. The number of rotatable bonds is 2. The van der Waals surface area contributed by atoms with Crippen molar-refractivity contribution >= 4 is 38.5 Å². The first-order chi connectivity index (χ1) is 10.4. The molecule has 0 unspecified atom stereocenters. The summed E-state index contributed by atoms with van der Waals surface area (Å²) in [5, 5.41) is 3.54. The van der Waals surface area contributed by atoms with Gasteiger partial charge in [-0.25, -0.2) is 0 Å². The smallest absolute Gasteiger partial charge is 0.160 e. The van der Waals surface area contributed by atoms with E-state index in [1.807, 2.05) is 24.3 Å². The molecule has 1 nitrogen and oxygen atoms in total. The fourth-order valence-corrected chi connectivity index (χ4v) is 3.90. The molecule has 0 saturated carbocycles. The molecule has 1 heterocycles. The molecule has 21 heavy (non-hydrogen) atoms. The minimum absolute atomic E-state index is 0.799. The predicted molar refractivity (Wildman–Crippen MR) is 90.2 cm³/mol. The van der Waals surface area contributed by atoms with E-state index in [4.69, 9.17) is 0 Å². The number of fused-ring (bicyclic) bond motifs is 2. The minimum Gasteiger partial charge on any atom is -0.297 e. The standard InChI is InChI=1S/C19H12OS/c20-12-18-19(16-9-3-4-11-17(16)21-18)15-10-5-7-13-6-1-2-8-14(13)15/h1-12H. The van der Waals surface area contributed by atoms with Crippen molar-refractivity contribution in [3.63, 3.8) is 0 Å². The normalized spacial score (nSPS) is 11.0. The maximum atomic E-state index is 11.5. The van der Waals surface area contributed by atoms with Crippen LogP contribution < -0.4 is 0 Å². The third kappa shape index (κ3) is 1.88. The molecule has 0 amide bonds. The summed E-state index contributed by atoms with van der Waals surface area (Å²) in [6.07, 6.45) is 0.974. The number of benzene rings is 3. The molecule has 0 aliphatic heterocycles. The van der Waals surface area contributed by atoms with Crippen LogP contribution in [0.15, 0.2) is 66.7 Å². The highest BCUT2D eigenvalue weighted by Crippen LogP contribution is 2.40. The van der Waals surface area contributed by atoms with E-state index in [1.54, 1.807) is 11.3 Å². The van der Waals surface area contributed by atoms with E-state index < -0.39 is 0 Å². The van der Waals surface area contributed by atoms with Crippen LogP contribution in [0.4, 0.5) is 0 Å². The molecule has 0 saturated heterocycles. The van der Waals surface area contributed by atoms with E-state index in [0.29, 0.717) is 0 Å². The first kappa shape index (κ1) is 12.3. The average Bonchev–Trinajstić information content (AvgIpc) is 2.92. The maximum Gasteiger partial charge on any atom is 0.160 e. The fraction of sp³-hybridized carbons (Fsp3) is 0. The molecule has 0 radical (unpaired) electrons. The zero-order valence-corrected chi connectivity index (χ0v) is 12.1. The molecule has 0 N–H and O–H groups in total. The summed E-state index contributed by atoms with van der Waals surface area (Å²) in [5.41, 5.74) is 2.19. The van der Waals surface area contributed by atoms with Gasteiger partial charge in [0.1, 0.15) is 0 Å². The van der Waals surface area contributed by atoms with Crippen LogP contribution in [0.3, 0.4) is 0 Å². The summed E-state index contributed by atoms with van der Waals surface area (Å²) in [6, 6.07) is 22.8. The molecule has 0 fully saturated rings. The Morgan fingerprint density at radius 3 is 2.33 bits per heavy atom. The third-order valence-corrected chi connectivity index (χ3v) is 4.88. The molecule has 1 aromatic heterocycles. The second-order valence-corrected chi connectivity index (χ2v) is 6.07. The lowest BCUT2D eigenvalue weighted by Crippen LogP contribution is -1.84. The van der Waals surface area contributed by atoms with Gasteiger partial charge in [0.05, 0.1) is 4.88 Å². The van der Waals surface area contributed by atoms with Crippen molar-refractivity contribution in [2.75, 3.05) is 0 Å². The van der Waals surface area contributed by atoms with Gasteiger partial charge in [0.15, 0.2) is 6.29 Å². The molecule has 4 aromatic rings. The minimum atomic E-state index is 0.799. The molecule has 0 bridgehead atoms. The van der Waals surface area contributed by atoms with E-state index in [-0.39, 0.29) is 0 Å². The van der Waals surface area contributed by atoms with E-state index in [2.05, 4.69) is 42.5 Å². The lowest BCUT2D eigenvalue weighted by atomic mass is 9.96. The van der Waals surface area contributed by atoms with Gasteiger partial charge in [-0.15, -0.1) is 11.3 Å². The van der Waals surface area contributed by atoms with Crippen LogP contribution in [0.2, 0.25) is 0 Å². The lowest BCUT2D eigenvalue weighted by molar-refractivity contribution is 0.112. The van der Waals surface area contributed by atoms with Crippen LogP contribution in [0.5, 0.6) is 0 Å². The van der Waals surface area contributed by atoms with Gasteiger partial charge >= 0.3 is 0 Å².